The molecule has 2 fully saturated rings. The largest absolute Gasteiger partial charge is 0.340 e. The summed E-state index contributed by atoms with van der Waals surface area (Å²) < 4.78 is 28.6. The summed E-state index contributed by atoms with van der Waals surface area (Å²) in [7, 11) is -1.97. The number of rotatable bonds is 4. The predicted molar refractivity (Wildman–Crippen MR) is 99.9 cm³/mol. The Morgan fingerprint density at radius 1 is 1.31 bits per heavy atom. The number of thiocarbonyl (C=S) groups is 1. The zero-order valence-corrected chi connectivity index (χ0v) is 16.6. The van der Waals surface area contributed by atoms with E-state index in [1.54, 1.807) is 11.9 Å². The van der Waals surface area contributed by atoms with Gasteiger partial charge in [0.25, 0.3) is 0 Å². The van der Waals surface area contributed by atoms with Crippen molar-refractivity contribution in [1.82, 2.24) is 23.9 Å². The monoisotopic (exact) mass is 417 g/mol. The Kier molecular flexibility index (Phi) is 5.65. The van der Waals surface area contributed by atoms with Gasteiger partial charge < -0.3 is 4.90 Å². The third-order valence-corrected chi connectivity index (χ3v) is 7.54. The van der Waals surface area contributed by atoms with Gasteiger partial charge in [0.1, 0.15) is 15.8 Å². The van der Waals surface area contributed by atoms with Gasteiger partial charge in [0.15, 0.2) is 0 Å². The fourth-order valence-corrected chi connectivity index (χ4v) is 5.36. The first-order valence-corrected chi connectivity index (χ1v) is 10.9. The number of hydrogen-bond acceptors (Lipinski definition) is 7. The minimum atomic E-state index is -3.63. The van der Waals surface area contributed by atoms with E-state index in [1.165, 1.54) is 38.0 Å². The summed E-state index contributed by atoms with van der Waals surface area (Å²) in [5.74, 6) is -0.115. The first kappa shape index (κ1) is 19.3. The molecule has 0 aromatic carbocycles. The maximum Gasteiger partial charge on any atom is 0.246 e. The van der Waals surface area contributed by atoms with E-state index in [9.17, 15) is 18.0 Å². The summed E-state index contributed by atoms with van der Waals surface area (Å²) in [5, 5.41) is 3.91. The molecule has 0 unspecified atom stereocenters. The Bertz CT molecular complexity index is 821. The molecule has 2 aliphatic heterocycles. The first-order chi connectivity index (χ1) is 12.3. The molecule has 9 nitrogen and oxygen atoms in total. The Labute approximate surface area is 161 Å². The van der Waals surface area contributed by atoms with E-state index in [1.807, 2.05) is 0 Å². The number of carbonyl (C=O) groups excluding carboxylic acids is 2. The van der Waals surface area contributed by atoms with Crippen LogP contribution in [0.25, 0.3) is 0 Å². The number of amides is 2. The lowest BCUT2D eigenvalue weighted by molar-refractivity contribution is -0.135. The van der Waals surface area contributed by atoms with E-state index < -0.39 is 10.0 Å². The summed E-state index contributed by atoms with van der Waals surface area (Å²) in [4.78, 5) is 27.3. The Morgan fingerprint density at radius 3 is 2.69 bits per heavy atom. The number of aromatic nitrogens is 2. The molecule has 2 amide bonds. The van der Waals surface area contributed by atoms with Gasteiger partial charge in [-0.15, -0.1) is 0 Å². The second-order valence-corrected chi connectivity index (χ2v) is 9.57. The summed E-state index contributed by atoms with van der Waals surface area (Å²) in [5.41, 5.74) is 0. The zero-order chi connectivity index (χ0) is 18.9. The molecule has 142 valence electrons. The fourth-order valence-electron chi connectivity index (χ4n) is 2.83. The van der Waals surface area contributed by atoms with Gasteiger partial charge in [0.05, 0.1) is 11.9 Å². The second-order valence-electron chi connectivity index (χ2n) is 6.02. The van der Waals surface area contributed by atoms with E-state index >= 15 is 0 Å². The topological polar surface area (TPSA) is 95.8 Å². The molecule has 2 aliphatic rings. The van der Waals surface area contributed by atoms with Gasteiger partial charge in [-0.05, 0) is 6.42 Å². The molecule has 1 aromatic rings. The first-order valence-electron chi connectivity index (χ1n) is 8.03. The maximum atomic E-state index is 12.7. The lowest BCUT2D eigenvalue weighted by atomic mass is 10.3. The highest BCUT2D eigenvalue weighted by Crippen LogP contribution is 2.20. The van der Waals surface area contributed by atoms with Crippen LogP contribution in [0.5, 0.6) is 0 Å². The van der Waals surface area contributed by atoms with Crippen molar-refractivity contribution >= 4 is 50.1 Å². The number of nitrogens with zero attached hydrogens (tertiary/aromatic N) is 5. The molecule has 2 saturated heterocycles. The smallest absolute Gasteiger partial charge is 0.246 e. The predicted octanol–water partition coefficient (Wildman–Crippen LogP) is -0.497. The Morgan fingerprint density at radius 2 is 2.08 bits per heavy atom. The van der Waals surface area contributed by atoms with Crippen LogP contribution in [0.2, 0.25) is 0 Å². The third kappa shape index (κ3) is 3.92. The molecule has 12 heteroatoms. The van der Waals surface area contributed by atoms with Gasteiger partial charge in [-0.3, -0.25) is 19.2 Å². The zero-order valence-electron chi connectivity index (χ0n) is 14.2. The number of thioether (sulfide) groups is 1. The molecule has 0 N–H and O–H groups in total. The van der Waals surface area contributed by atoms with E-state index in [0.29, 0.717) is 23.8 Å². The molecule has 0 saturated carbocycles. The van der Waals surface area contributed by atoms with Crippen molar-refractivity contribution in [2.45, 2.75) is 11.3 Å². The summed E-state index contributed by atoms with van der Waals surface area (Å²) in [6.45, 7) is 1.17. The summed E-state index contributed by atoms with van der Waals surface area (Å²) >= 11 is 6.34. The molecule has 26 heavy (non-hydrogen) atoms. The molecule has 0 atom stereocenters. The maximum absolute atomic E-state index is 12.7. The average Bonchev–Trinajstić information content (AvgIpc) is 3.05. The van der Waals surface area contributed by atoms with Crippen molar-refractivity contribution in [1.29, 1.82) is 0 Å². The average molecular weight is 418 g/mol. The van der Waals surface area contributed by atoms with Gasteiger partial charge in [0.2, 0.25) is 21.8 Å². The third-order valence-electron chi connectivity index (χ3n) is 4.26. The van der Waals surface area contributed by atoms with Crippen molar-refractivity contribution in [3.63, 3.8) is 0 Å². The lowest BCUT2D eigenvalue weighted by Gasteiger charge is -2.24. The van der Waals surface area contributed by atoms with Crippen LogP contribution in [0, 0.1) is 0 Å². The highest BCUT2D eigenvalue weighted by Gasteiger charge is 2.32. The minimum absolute atomic E-state index is 0.0833. The van der Waals surface area contributed by atoms with Crippen molar-refractivity contribution in [2.24, 2.45) is 7.05 Å². The van der Waals surface area contributed by atoms with E-state index in [0.717, 1.165) is 0 Å². The molecular formula is C14H19N5O4S3. The number of carbonyl (C=O) groups is 2. The minimum Gasteiger partial charge on any atom is -0.340 e. The quantitative estimate of drug-likeness (QED) is 0.610. The van der Waals surface area contributed by atoms with Crippen LogP contribution in [0.4, 0.5) is 0 Å². The molecule has 0 radical (unpaired) electrons. The number of aryl methyl sites for hydroxylation is 1. The molecule has 1 aromatic heterocycles. The van der Waals surface area contributed by atoms with E-state index in [2.05, 4.69) is 5.10 Å². The van der Waals surface area contributed by atoms with Crippen LogP contribution >= 0.6 is 24.0 Å². The van der Waals surface area contributed by atoms with Crippen LogP contribution in [0.1, 0.15) is 6.42 Å². The highest BCUT2D eigenvalue weighted by molar-refractivity contribution is 8.23. The molecule has 0 bridgehead atoms. The fraction of sp³-hybridized carbons (Fsp3) is 0.571. The highest BCUT2D eigenvalue weighted by atomic mass is 32.2. The van der Waals surface area contributed by atoms with Crippen LogP contribution < -0.4 is 0 Å². The Hall–Kier alpha value is -1.50. The normalized spacial score (nSPS) is 19.9. The lowest BCUT2D eigenvalue weighted by Crippen LogP contribution is -2.43. The van der Waals surface area contributed by atoms with Crippen LogP contribution in [0.15, 0.2) is 17.3 Å². The van der Waals surface area contributed by atoms with Gasteiger partial charge in [0, 0.05) is 39.4 Å². The standard InChI is InChI=1S/C14H19N5O4S3/c1-16-8-11(7-15-16)26(22,23)18-4-2-3-17(5-6-18)12(20)9-19-13(21)10-25-14(19)24/h7-8H,2-6,9-10H2,1H3. The van der Waals surface area contributed by atoms with Crippen LogP contribution in [0.3, 0.4) is 0 Å². The number of sulfonamides is 1. The van der Waals surface area contributed by atoms with Crippen molar-refractivity contribution in [3.05, 3.63) is 12.4 Å². The van der Waals surface area contributed by atoms with Crippen molar-refractivity contribution < 1.29 is 18.0 Å². The van der Waals surface area contributed by atoms with Gasteiger partial charge in [-0.2, -0.15) is 9.40 Å². The molecule has 0 spiro atoms. The van der Waals surface area contributed by atoms with Crippen LogP contribution in [-0.2, 0) is 26.7 Å². The van der Waals surface area contributed by atoms with Gasteiger partial charge in [-0.1, -0.05) is 24.0 Å². The van der Waals surface area contributed by atoms with Crippen LogP contribution in [-0.4, -0.2) is 86.9 Å². The van der Waals surface area contributed by atoms with Gasteiger partial charge >= 0.3 is 0 Å². The van der Waals surface area contributed by atoms with Crippen molar-refractivity contribution in [2.75, 3.05) is 38.5 Å². The molecule has 0 aliphatic carbocycles. The summed E-state index contributed by atoms with van der Waals surface area (Å²) in [6.07, 6.45) is 3.31. The summed E-state index contributed by atoms with van der Waals surface area (Å²) in [6, 6.07) is 0. The SMILES string of the molecule is Cn1cc(S(=O)(=O)N2CCCN(C(=O)CN3C(=O)CSC3=S)CC2)cn1. The van der Waals surface area contributed by atoms with Crippen molar-refractivity contribution in [3.8, 4) is 0 Å². The second kappa shape index (κ2) is 7.62. The Balaban J connectivity index is 1.64. The number of hydrogen-bond donors (Lipinski definition) is 0. The molecule has 3 rings (SSSR count). The molecule has 3 heterocycles. The van der Waals surface area contributed by atoms with E-state index in [4.69, 9.17) is 12.2 Å². The molecular weight excluding hydrogens is 398 g/mol. The van der Waals surface area contributed by atoms with Gasteiger partial charge in [-0.25, -0.2) is 8.42 Å². The van der Waals surface area contributed by atoms with E-state index in [-0.39, 0.29) is 42.1 Å².